The maximum absolute atomic E-state index is 5.65. The Hall–Kier alpha value is -2.68. The second-order valence-electron chi connectivity index (χ2n) is 6.37. The number of rotatable bonds is 8. The van der Waals surface area contributed by atoms with Crippen LogP contribution in [0.4, 0.5) is 5.69 Å². The van der Waals surface area contributed by atoms with Gasteiger partial charge in [0.2, 0.25) is 0 Å². The van der Waals surface area contributed by atoms with Crippen molar-refractivity contribution in [1.29, 1.82) is 0 Å². The van der Waals surface area contributed by atoms with E-state index in [1.165, 1.54) is 11.3 Å². The van der Waals surface area contributed by atoms with Gasteiger partial charge in [-0.05, 0) is 37.6 Å². The number of benzene rings is 1. The smallest absolute Gasteiger partial charge is 0.124 e. The molecule has 0 radical (unpaired) electrons. The third-order valence-corrected chi connectivity index (χ3v) is 4.59. The predicted octanol–water partition coefficient (Wildman–Crippen LogP) is 5.10. The lowest BCUT2D eigenvalue weighted by atomic mass is 10.1. The summed E-state index contributed by atoms with van der Waals surface area (Å²) in [6.45, 7) is 9.52. The Labute approximate surface area is 158 Å². The van der Waals surface area contributed by atoms with E-state index in [2.05, 4.69) is 86.0 Å². The molecule has 0 atom stereocenters. The predicted molar refractivity (Wildman–Crippen MR) is 113 cm³/mol. The lowest BCUT2D eigenvalue weighted by Crippen LogP contribution is -2.16. The molecule has 0 spiro atoms. The van der Waals surface area contributed by atoms with Crippen LogP contribution in [0.25, 0.3) is 0 Å². The van der Waals surface area contributed by atoms with Crippen LogP contribution in [-0.4, -0.2) is 32.1 Å². The van der Waals surface area contributed by atoms with Crippen molar-refractivity contribution in [3.8, 4) is 5.75 Å². The molecule has 26 heavy (non-hydrogen) atoms. The highest BCUT2D eigenvalue weighted by Crippen LogP contribution is 2.29. The first kappa shape index (κ1) is 19.6. The molecule has 0 N–H and O–H groups in total. The number of hydrogen-bond acceptors (Lipinski definition) is 3. The molecule has 1 heterocycles. The van der Waals surface area contributed by atoms with E-state index in [4.69, 9.17) is 4.74 Å². The molecule has 138 valence electrons. The van der Waals surface area contributed by atoms with Crippen LogP contribution in [0.15, 0.2) is 78.7 Å². The fourth-order valence-electron chi connectivity index (χ4n) is 2.84. The molecule has 1 aromatic rings. The lowest BCUT2D eigenvalue weighted by molar-refractivity contribution is 0.357. The van der Waals surface area contributed by atoms with Gasteiger partial charge in [0.05, 0.1) is 6.61 Å². The Morgan fingerprint density at radius 2 is 2.08 bits per heavy atom. The lowest BCUT2D eigenvalue weighted by Gasteiger charge is -2.20. The maximum atomic E-state index is 5.65. The minimum atomic E-state index is 0.802. The SMILES string of the molecule is C=C/C=C(\C)N(C)C(/C=C\C=C\CN(C)c1ccc2c(c1)OCC2)=C/C. The number of allylic oxidation sites excluding steroid dienone is 7. The van der Waals surface area contributed by atoms with Gasteiger partial charge in [0, 0.05) is 50.2 Å². The van der Waals surface area contributed by atoms with Crippen molar-refractivity contribution in [2.45, 2.75) is 20.3 Å². The normalized spacial score (nSPS) is 14.6. The summed E-state index contributed by atoms with van der Waals surface area (Å²) in [5, 5.41) is 0. The molecule has 2 rings (SSSR count). The molecule has 0 saturated carbocycles. The number of likely N-dealkylation sites (N-methyl/N-ethyl adjacent to an activating group) is 2. The Balaban J connectivity index is 1.90. The van der Waals surface area contributed by atoms with Crippen LogP contribution < -0.4 is 9.64 Å². The van der Waals surface area contributed by atoms with Crippen LogP contribution in [0.5, 0.6) is 5.75 Å². The van der Waals surface area contributed by atoms with Gasteiger partial charge >= 0.3 is 0 Å². The van der Waals surface area contributed by atoms with Crippen LogP contribution in [-0.2, 0) is 6.42 Å². The first-order chi connectivity index (χ1) is 12.6. The molecular weight excluding hydrogens is 320 g/mol. The van der Waals surface area contributed by atoms with E-state index in [9.17, 15) is 0 Å². The number of ether oxygens (including phenoxy) is 1. The molecule has 0 unspecified atom stereocenters. The first-order valence-electron chi connectivity index (χ1n) is 9.06. The average Bonchev–Trinajstić information content (AvgIpc) is 3.12. The van der Waals surface area contributed by atoms with E-state index in [-0.39, 0.29) is 0 Å². The van der Waals surface area contributed by atoms with Crippen molar-refractivity contribution in [2.24, 2.45) is 0 Å². The second-order valence-corrected chi connectivity index (χ2v) is 6.37. The van der Waals surface area contributed by atoms with E-state index in [1.54, 1.807) is 0 Å². The zero-order valence-electron chi connectivity index (χ0n) is 16.4. The summed E-state index contributed by atoms with van der Waals surface area (Å²) < 4.78 is 5.65. The molecule has 0 aromatic heterocycles. The fraction of sp³-hybridized carbons (Fsp3) is 0.304. The third kappa shape index (κ3) is 5.16. The van der Waals surface area contributed by atoms with Gasteiger partial charge in [-0.15, -0.1) is 0 Å². The van der Waals surface area contributed by atoms with E-state index < -0.39 is 0 Å². The van der Waals surface area contributed by atoms with E-state index in [0.717, 1.165) is 36.7 Å². The zero-order valence-corrected chi connectivity index (χ0v) is 16.4. The van der Waals surface area contributed by atoms with Gasteiger partial charge in [0.25, 0.3) is 0 Å². The highest BCUT2D eigenvalue weighted by molar-refractivity contribution is 5.54. The molecule has 0 aliphatic carbocycles. The number of fused-ring (bicyclic) bond motifs is 1. The summed E-state index contributed by atoms with van der Waals surface area (Å²) in [5.41, 5.74) is 4.79. The molecule has 0 bridgehead atoms. The number of nitrogens with zero attached hydrogens (tertiary/aromatic N) is 2. The minimum Gasteiger partial charge on any atom is -0.493 e. The molecule has 0 fully saturated rings. The molecule has 1 aromatic carbocycles. The molecule has 0 saturated heterocycles. The van der Waals surface area contributed by atoms with Gasteiger partial charge in [-0.2, -0.15) is 0 Å². The Bertz CT molecular complexity index is 741. The van der Waals surface area contributed by atoms with Gasteiger partial charge in [-0.3, -0.25) is 0 Å². The molecular formula is C23H30N2O. The maximum Gasteiger partial charge on any atom is 0.124 e. The highest BCUT2D eigenvalue weighted by atomic mass is 16.5. The van der Waals surface area contributed by atoms with Gasteiger partial charge in [0.1, 0.15) is 5.75 Å². The van der Waals surface area contributed by atoms with Crippen LogP contribution in [0, 0.1) is 0 Å². The van der Waals surface area contributed by atoms with Crippen molar-refractivity contribution in [3.05, 3.63) is 84.3 Å². The molecule has 3 heteroatoms. The van der Waals surface area contributed by atoms with Crippen LogP contribution in [0.1, 0.15) is 19.4 Å². The van der Waals surface area contributed by atoms with Crippen molar-refractivity contribution in [3.63, 3.8) is 0 Å². The first-order valence-corrected chi connectivity index (χ1v) is 9.06. The third-order valence-electron chi connectivity index (χ3n) is 4.59. The highest BCUT2D eigenvalue weighted by Gasteiger charge is 2.12. The van der Waals surface area contributed by atoms with Gasteiger partial charge < -0.3 is 14.5 Å². The van der Waals surface area contributed by atoms with Crippen LogP contribution in [0.3, 0.4) is 0 Å². The summed E-state index contributed by atoms with van der Waals surface area (Å²) in [7, 11) is 4.15. The van der Waals surface area contributed by atoms with E-state index >= 15 is 0 Å². The Morgan fingerprint density at radius 1 is 1.27 bits per heavy atom. The fourth-order valence-corrected chi connectivity index (χ4v) is 2.84. The summed E-state index contributed by atoms with van der Waals surface area (Å²) in [6.07, 6.45) is 15.4. The van der Waals surface area contributed by atoms with Crippen molar-refractivity contribution >= 4 is 5.69 Å². The van der Waals surface area contributed by atoms with Crippen LogP contribution >= 0.6 is 0 Å². The quantitative estimate of drug-likeness (QED) is 0.607. The standard InChI is InChI=1S/C23H30N2O/c1-6-11-19(3)25(5)21(7-2)12-9-8-10-16-24(4)22-14-13-20-15-17-26-23(20)18-22/h6-14,18H,1,15-17H2,2-5H3/b10-8+,12-9-,19-11+,21-7+. The molecule has 1 aliphatic rings. The second kappa shape index (κ2) is 9.71. The molecule has 0 amide bonds. The van der Waals surface area contributed by atoms with Crippen LogP contribution in [0.2, 0.25) is 0 Å². The number of anilines is 1. The monoisotopic (exact) mass is 350 g/mol. The topological polar surface area (TPSA) is 15.7 Å². The van der Waals surface area contributed by atoms with E-state index in [0.29, 0.717) is 0 Å². The van der Waals surface area contributed by atoms with Crippen molar-refractivity contribution in [1.82, 2.24) is 4.90 Å². The average molecular weight is 351 g/mol. The van der Waals surface area contributed by atoms with Crippen molar-refractivity contribution in [2.75, 3.05) is 32.1 Å². The molecule has 1 aliphatic heterocycles. The summed E-state index contributed by atoms with van der Waals surface area (Å²) in [6, 6.07) is 6.47. The Kier molecular flexibility index (Phi) is 7.34. The van der Waals surface area contributed by atoms with E-state index in [1.807, 2.05) is 19.1 Å². The number of hydrogen-bond donors (Lipinski definition) is 0. The summed E-state index contributed by atoms with van der Waals surface area (Å²) in [5.74, 6) is 1.03. The largest absolute Gasteiger partial charge is 0.493 e. The van der Waals surface area contributed by atoms with Gasteiger partial charge in [0.15, 0.2) is 0 Å². The van der Waals surface area contributed by atoms with Gasteiger partial charge in [-0.25, -0.2) is 0 Å². The minimum absolute atomic E-state index is 0.802. The van der Waals surface area contributed by atoms with Crippen molar-refractivity contribution < 1.29 is 4.74 Å². The Morgan fingerprint density at radius 3 is 2.81 bits per heavy atom. The summed E-state index contributed by atoms with van der Waals surface area (Å²) in [4.78, 5) is 4.36. The zero-order chi connectivity index (χ0) is 18.9. The molecule has 3 nitrogen and oxygen atoms in total. The van der Waals surface area contributed by atoms with Gasteiger partial charge in [-0.1, -0.05) is 43.0 Å². The summed E-state index contributed by atoms with van der Waals surface area (Å²) >= 11 is 0.